The first-order chi connectivity index (χ1) is 49.4. The zero-order chi connectivity index (χ0) is 79.8. The van der Waals surface area contributed by atoms with Gasteiger partial charge >= 0.3 is 12.0 Å². The van der Waals surface area contributed by atoms with E-state index in [0.29, 0.717) is 11.3 Å². The highest BCUT2D eigenvalue weighted by Gasteiger charge is 2.37. The van der Waals surface area contributed by atoms with Crippen molar-refractivity contribution in [3.8, 4) is 0 Å². The Hall–Kier alpha value is -6.10. The van der Waals surface area contributed by atoms with Gasteiger partial charge in [0.15, 0.2) is 0 Å². The first kappa shape index (κ1) is 96.9. The topological polar surface area (TPSA) is 684 Å². The van der Waals surface area contributed by atoms with Gasteiger partial charge in [0.05, 0.1) is 69.6 Å². The molecule has 105 heavy (non-hydrogen) atoms. The SMILES string of the molecule is CC(C)[C@H](NC(=O)CCC(=O)NCCCC[C@H](NC(=O)[C@@H](N)CCCCN(C[C@H](C)[C@@H](O)[C@H](C)[C@H](O)CO)C[C@H](O)[C@@H](O)[C@H](O)[C@H](O)CO)C(=O)N[C@@H](CCCCN(C[C@H](O)[C@@H](O)[C@H](O)[C@H](O)CO)C[C@H](O)[C@@H](O)[C@H](O)[C@H](O)CO)C(=O)O)C(=O)N[C@@H](CCCNC(N)=O)C(=O)Nc1ccc(CO)cc1. The summed E-state index contributed by atoms with van der Waals surface area (Å²) >= 11 is 0. The molecule has 1 aromatic rings. The van der Waals surface area contributed by atoms with Crippen molar-refractivity contribution in [1.82, 2.24) is 41.7 Å². The van der Waals surface area contributed by atoms with Crippen molar-refractivity contribution in [2.45, 2.75) is 233 Å². The summed E-state index contributed by atoms with van der Waals surface area (Å²) in [6.07, 6.45) is -26.3. The third-order valence-electron chi connectivity index (χ3n) is 17.9. The molecule has 1 aromatic carbocycles. The van der Waals surface area contributed by atoms with Gasteiger partial charge in [-0.3, -0.25) is 33.7 Å². The van der Waals surface area contributed by atoms with Crippen LogP contribution in [0.15, 0.2) is 24.3 Å². The number of urea groups is 1. The predicted molar refractivity (Wildman–Crippen MR) is 373 cm³/mol. The van der Waals surface area contributed by atoms with Gasteiger partial charge in [-0.25, -0.2) is 9.59 Å². The second-order valence-electron chi connectivity index (χ2n) is 27.0. The van der Waals surface area contributed by atoms with Crippen LogP contribution in [0.5, 0.6) is 0 Å². The largest absolute Gasteiger partial charge is 0.480 e. The summed E-state index contributed by atoms with van der Waals surface area (Å²) in [6.45, 7) is 0.902. The molecule has 0 saturated carbocycles. The average molecular weight is 1520 g/mol. The Balaban J connectivity index is 3.37. The quantitative estimate of drug-likeness (QED) is 0.0269. The fourth-order valence-corrected chi connectivity index (χ4v) is 11.1. The number of aliphatic hydroxyl groups excluding tert-OH is 19. The van der Waals surface area contributed by atoms with E-state index in [2.05, 4.69) is 37.2 Å². The number of anilines is 1. The van der Waals surface area contributed by atoms with Gasteiger partial charge in [0, 0.05) is 63.7 Å². The highest BCUT2D eigenvalue weighted by Crippen LogP contribution is 2.21. The fourth-order valence-electron chi connectivity index (χ4n) is 11.1. The zero-order valence-electron chi connectivity index (χ0n) is 60.2. The minimum Gasteiger partial charge on any atom is -0.480 e. The van der Waals surface area contributed by atoms with Crippen LogP contribution in [0.4, 0.5) is 10.5 Å². The summed E-state index contributed by atoms with van der Waals surface area (Å²) in [5.41, 5.74) is 12.5. The van der Waals surface area contributed by atoms with Crippen molar-refractivity contribution >= 4 is 53.1 Å². The maximum atomic E-state index is 14.1. The normalized spacial score (nSPS) is 18.0. The van der Waals surface area contributed by atoms with Gasteiger partial charge in [0.25, 0.3) is 0 Å². The highest BCUT2D eigenvalue weighted by molar-refractivity contribution is 5.98. The van der Waals surface area contributed by atoms with Gasteiger partial charge in [-0.1, -0.05) is 46.2 Å². The van der Waals surface area contributed by atoms with Gasteiger partial charge < -0.3 is 156 Å². The molecule has 0 saturated heterocycles. The Bertz CT molecular complexity index is 2610. The first-order valence-corrected chi connectivity index (χ1v) is 35.3. The third-order valence-corrected chi connectivity index (χ3v) is 17.9. The second-order valence-corrected chi connectivity index (χ2v) is 27.0. The van der Waals surface area contributed by atoms with E-state index in [9.17, 15) is 140 Å². The van der Waals surface area contributed by atoms with Crippen LogP contribution in [-0.4, -0.2) is 354 Å². The number of rotatable bonds is 58. The number of carbonyl (C=O) groups excluding carboxylic acids is 7. The van der Waals surface area contributed by atoms with Crippen LogP contribution in [0.25, 0.3) is 0 Å². The van der Waals surface area contributed by atoms with Crippen LogP contribution in [0.2, 0.25) is 0 Å². The smallest absolute Gasteiger partial charge is 0.326 e. The summed E-state index contributed by atoms with van der Waals surface area (Å²) in [4.78, 5) is 108. The Morgan fingerprint density at radius 2 is 0.838 bits per heavy atom. The van der Waals surface area contributed by atoms with Gasteiger partial charge in [-0.05, 0) is 107 Å². The van der Waals surface area contributed by atoms with Crippen molar-refractivity contribution in [3.63, 3.8) is 0 Å². The number of aliphatic carboxylic acids is 1. The standard InChI is InChI=1S/C66H121N11O28/c1-35(2)53(64(102)73-42(15-11-23-70-66(68)105)62(100)71-39-18-16-38(30-78)17-19-39)75-52(91)21-20-51(90)69-22-8-5-13-41(72-61(99)40(67)12-6-9-24-76(26-36(3)54(92)37(4)47(86)31-79)27-44(83)55(93)58(96)48(87)32-80)63(101)74-43(65(103)104)14-7-10-25-77(28-45(84)56(94)59(97)49(88)33-81)29-46(85)57(95)60(98)50(89)34-82/h16-19,35-37,40-50,53-60,78-89,92-98H,5-15,20-34,67H2,1-4H3,(H,69,90)(H,71,100)(H,72,99)(H,73,102)(H,74,101)(H,75,91)(H,103,104)(H3,68,70,105)/t36-,37+,40-,41-,42-,43-,44-,45-,46-,47+,48+,49+,50+,53-,54+,55+,56+,57+,58+,59+,60+/m0/s1. The van der Waals surface area contributed by atoms with E-state index >= 15 is 0 Å². The van der Waals surface area contributed by atoms with E-state index in [4.69, 9.17) is 11.5 Å². The van der Waals surface area contributed by atoms with E-state index in [0.717, 1.165) is 0 Å². The van der Waals surface area contributed by atoms with Gasteiger partial charge in [0.2, 0.25) is 35.4 Å². The number of nitrogens with two attached hydrogens (primary N) is 2. The molecule has 0 unspecified atom stereocenters. The first-order valence-electron chi connectivity index (χ1n) is 35.3. The number of hydrogen-bond donors (Lipinski definition) is 29. The number of benzene rings is 1. The number of primary amides is 1. The molecule has 0 bridgehead atoms. The molecule has 0 radical (unpaired) electrons. The summed E-state index contributed by atoms with van der Waals surface area (Å²) in [6, 6.07) is -1.33. The van der Waals surface area contributed by atoms with Crippen LogP contribution in [0, 0.1) is 17.8 Å². The number of nitrogens with one attached hydrogen (secondary N) is 7. The van der Waals surface area contributed by atoms with Crippen molar-refractivity contribution in [3.05, 3.63) is 29.8 Å². The van der Waals surface area contributed by atoms with E-state index in [-0.39, 0.29) is 123 Å². The summed E-state index contributed by atoms with van der Waals surface area (Å²) < 4.78 is 0. The maximum Gasteiger partial charge on any atom is 0.326 e. The number of carboxylic acids is 1. The fraction of sp³-hybridized carbons (Fsp3) is 0.788. The van der Waals surface area contributed by atoms with E-state index in [1.165, 1.54) is 11.8 Å². The van der Waals surface area contributed by atoms with Gasteiger partial charge in [-0.15, -0.1) is 0 Å². The lowest BCUT2D eigenvalue weighted by molar-refractivity contribution is -0.142. The lowest BCUT2D eigenvalue weighted by Gasteiger charge is -2.34. The Labute approximate surface area is 610 Å². The van der Waals surface area contributed by atoms with Crippen LogP contribution in [0.1, 0.15) is 117 Å². The molecule has 0 spiro atoms. The molecule has 1 rings (SSSR count). The zero-order valence-corrected chi connectivity index (χ0v) is 60.2. The van der Waals surface area contributed by atoms with Crippen molar-refractivity contribution in [2.75, 3.05) is 84.1 Å². The molecule has 31 N–H and O–H groups in total. The van der Waals surface area contributed by atoms with Crippen LogP contribution < -0.4 is 48.7 Å². The average Bonchev–Trinajstić information content (AvgIpc) is 0.878. The Morgan fingerprint density at radius 3 is 1.30 bits per heavy atom. The Morgan fingerprint density at radius 1 is 0.429 bits per heavy atom. The number of amides is 8. The minimum atomic E-state index is -2.09. The number of aliphatic hydroxyl groups is 19. The molecule has 608 valence electrons. The van der Waals surface area contributed by atoms with Crippen molar-refractivity contribution in [2.24, 2.45) is 29.2 Å². The van der Waals surface area contributed by atoms with Crippen LogP contribution in [0.3, 0.4) is 0 Å². The lowest BCUT2D eigenvalue weighted by atomic mass is 9.89. The predicted octanol–water partition coefficient (Wildman–Crippen LogP) is -10.1. The molecule has 39 nitrogen and oxygen atoms in total. The maximum absolute atomic E-state index is 14.1. The number of carbonyl (C=O) groups is 8. The lowest BCUT2D eigenvalue weighted by Crippen LogP contribution is -2.54. The minimum absolute atomic E-state index is 0.00682. The molecule has 0 aliphatic carbocycles. The van der Waals surface area contributed by atoms with Crippen LogP contribution >= 0.6 is 0 Å². The molecule has 8 amide bonds. The highest BCUT2D eigenvalue weighted by atomic mass is 16.4. The molecular weight excluding hydrogens is 1390 g/mol. The Kier molecular flexibility index (Phi) is 48.0. The van der Waals surface area contributed by atoms with E-state index in [1.54, 1.807) is 49.9 Å². The monoisotopic (exact) mass is 1520 g/mol. The molecule has 0 heterocycles. The van der Waals surface area contributed by atoms with Crippen molar-refractivity contribution in [1.29, 1.82) is 0 Å². The van der Waals surface area contributed by atoms with Crippen LogP contribution in [-0.2, 0) is 40.2 Å². The second kappa shape index (κ2) is 52.0. The molecule has 0 fully saturated rings. The molecule has 0 aliphatic heterocycles. The van der Waals surface area contributed by atoms with E-state index < -0.39 is 227 Å². The van der Waals surface area contributed by atoms with Crippen molar-refractivity contribution < 1.29 is 140 Å². The number of unbranched alkanes of at least 4 members (excludes halogenated alkanes) is 3. The number of hydrogen-bond acceptors (Lipinski definition) is 30. The molecule has 0 aliphatic rings. The summed E-state index contributed by atoms with van der Waals surface area (Å²) in [5, 5.41) is 221. The molecule has 0 aromatic heterocycles. The van der Waals surface area contributed by atoms with Gasteiger partial charge in [0.1, 0.15) is 79.1 Å². The number of nitrogens with zero attached hydrogens (tertiary/aromatic N) is 2. The summed E-state index contributed by atoms with van der Waals surface area (Å²) in [7, 11) is 0. The summed E-state index contributed by atoms with van der Waals surface area (Å²) in [5.74, 6) is -8.03. The van der Waals surface area contributed by atoms with E-state index in [1.807, 2.05) is 0 Å². The molecular formula is C66H121N11O28. The molecule has 21 atom stereocenters. The number of carboxylic acid groups (broad SMARTS) is 1. The molecule has 39 heteroatoms. The van der Waals surface area contributed by atoms with Gasteiger partial charge in [-0.2, -0.15) is 0 Å². The third kappa shape index (κ3) is 37.0.